The summed E-state index contributed by atoms with van der Waals surface area (Å²) in [6.07, 6.45) is 1.39. The third-order valence-electron chi connectivity index (χ3n) is 3.95. The first-order valence-corrected chi connectivity index (χ1v) is 9.72. The number of hydrazone groups is 1. The second-order valence-corrected chi connectivity index (χ2v) is 7.60. The Balaban J connectivity index is 1.83. The maximum absolute atomic E-state index is 13.0. The lowest BCUT2D eigenvalue weighted by Crippen LogP contribution is -2.55. The molecule has 1 aliphatic heterocycles. The lowest BCUT2D eigenvalue weighted by atomic mass is 9.92. The number of ketones is 1. The van der Waals surface area contributed by atoms with Crippen LogP contribution < -0.4 is 21.6 Å². The normalized spacial score (nSPS) is 18.5. The zero-order valence-electron chi connectivity index (χ0n) is 14.4. The van der Waals surface area contributed by atoms with E-state index in [0.717, 1.165) is 27.4 Å². The van der Waals surface area contributed by atoms with Gasteiger partial charge >= 0.3 is 11.9 Å². The number of Topliss-reactive ketones (excluding diaryl/α,β-unsaturated/α-hetero) is 1. The number of para-hydroxylation sites is 1. The van der Waals surface area contributed by atoms with Crippen LogP contribution in [-0.2, 0) is 14.4 Å². The molecule has 29 heavy (non-hydrogen) atoms. The Morgan fingerprint density at radius 2 is 2.00 bits per heavy atom. The summed E-state index contributed by atoms with van der Waals surface area (Å²) >= 11 is 2.16. The van der Waals surface area contributed by atoms with Crippen LogP contribution in [0, 0.1) is 0 Å². The molecule has 0 radical (unpaired) electrons. The van der Waals surface area contributed by atoms with Crippen LogP contribution in [0.5, 0.6) is 0 Å². The van der Waals surface area contributed by atoms with E-state index in [0.29, 0.717) is 10.4 Å². The van der Waals surface area contributed by atoms with Gasteiger partial charge in [0, 0.05) is 11.6 Å². The predicted molar refractivity (Wildman–Crippen MR) is 105 cm³/mol. The van der Waals surface area contributed by atoms with E-state index < -0.39 is 29.5 Å². The Morgan fingerprint density at radius 1 is 1.21 bits per heavy atom. The maximum Gasteiger partial charge on any atom is 0.349 e. The number of carbonyl (C=O) groups excluding carboxylic acids is 4. The summed E-state index contributed by atoms with van der Waals surface area (Å²) in [4.78, 5) is 59.1. The fourth-order valence-electron chi connectivity index (χ4n) is 2.69. The molecule has 4 rings (SSSR count). The molecule has 3 heterocycles. The highest BCUT2D eigenvalue weighted by Crippen LogP contribution is 2.33. The zero-order valence-corrected chi connectivity index (χ0v) is 16.0. The Hall–Kier alpha value is -3.55. The number of nitrogens with two attached hydrogens (primary N) is 1. The minimum absolute atomic E-state index is 0.0204. The standard InChI is InChI=1S/C16H11N7O4S2/c17-20-15(27)22-21-10-9(12-19-7-3-1-2-4-8(7)29-12)11(24)14(26)23(13(10)25)16-18-5-6-28-16/h1-6,9H,17H2,(H2,20,22,27)/b21-10+. The minimum Gasteiger partial charge on any atom is -0.287 e. The average Bonchev–Trinajstić information content (AvgIpc) is 3.39. The van der Waals surface area contributed by atoms with Gasteiger partial charge in [0.25, 0.3) is 5.91 Å². The number of hydrogen-bond donors (Lipinski definition) is 3. The van der Waals surface area contributed by atoms with Gasteiger partial charge < -0.3 is 0 Å². The predicted octanol–water partition coefficient (Wildman–Crippen LogP) is 0.508. The first-order valence-electron chi connectivity index (χ1n) is 8.03. The quantitative estimate of drug-likeness (QED) is 0.180. The molecule has 3 aromatic rings. The van der Waals surface area contributed by atoms with E-state index in [-0.39, 0.29) is 15.9 Å². The molecule has 0 aliphatic carbocycles. The zero-order chi connectivity index (χ0) is 20.5. The van der Waals surface area contributed by atoms with Gasteiger partial charge in [-0.2, -0.15) is 5.10 Å². The molecule has 11 nitrogen and oxygen atoms in total. The molecule has 1 aromatic carbocycles. The Labute approximate surface area is 170 Å². The molecule has 1 fully saturated rings. The van der Waals surface area contributed by atoms with Crippen molar-refractivity contribution >= 4 is 67.4 Å². The van der Waals surface area contributed by atoms with Crippen molar-refractivity contribution in [2.45, 2.75) is 5.92 Å². The number of amides is 4. The lowest BCUT2D eigenvalue weighted by molar-refractivity contribution is -0.139. The van der Waals surface area contributed by atoms with Gasteiger partial charge in [-0.1, -0.05) is 12.1 Å². The fraction of sp³-hybridized carbons (Fsp3) is 0.0625. The van der Waals surface area contributed by atoms with Crippen molar-refractivity contribution in [2.24, 2.45) is 10.9 Å². The Kier molecular flexibility index (Phi) is 4.84. The van der Waals surface area contributed by atoms with E-state index >= 15 is 0 Å². The molecule has 1 aliphatic rings. The van der Waals surface area contributed by atoms with Crippen LogP contribution in [-0.4, -0.2) is 39.3 Å². The Morgan fingerprint density at radius 3 is 2.69 bits per heavy atom. The van der Waals surface area contributed by atoms with Gasteiger partial charge in [0.05, 0.1) is 10.2 Å². The summed E-state index contributed by atoms with van der Waals surface area (Å²) < 4.78 is 0.768. The van der Waals surface area contributed by atoms with Gasteiger partial charge in [0.15, 0.2) is 5.13 Å². The van der Waals surface area contributed by atoms with Gasteiger partial charge in [0.1, 0.15) is 16.6 Å². The summed E-state index contributed by atoms with van der Waals surface area (Å²) in [6.45, 7) is 0. The largest absolute Gasteiger partial charge is 0.349 e. The lowest BCUT2D eigenvalue weighted by Gasteiger charge is -2.27. The number of imide groups is 1. The molecule has 13 heteroatoms. The number of carbonyl (C=O) groups is 4. The van der Waals surface area contributed by atoms with Crippen molar-refractivity contribution in [3.8, 4) is 0 Å². The number of fused-ring (bicyclic) bond motifs is 1. The number of rotatable bonds is 3. The molecular formula is C16H11N7O4S2. The average molecular weight is 429 g/mol. The second-order valence-electron chi connectivity index (χ2n) is 5.66. The third kappa shape index (κ3) is 3.26. The van der Waals surface area contributed by atoms with Crippen molar-refractivity contribution in [3.05, 3.63) is 40.8 Å². The van der Waals surface area contributed by atoms with Crippen molar-refractivity contribution < 1.29 is 19.2 Å². The van der Waals surface area contributed by atoms with Crippen LogP contribution >= 0.6 is 22.7 Å². The van der Waals surface area contributed by atoms with E-state index in [4.69, 9.17) is 5.84 Å². The molecule has 2 aromatic heterocycles. The SMILES string of the molecule is NNC(=O)N/N=C1/C(=O)N(c2nccs2)C(=O)C(=O)C1c1nc2ccccc2s1. The first-order chi connectivity index (χ1) is 14.0. The smallest absolute Gasteiger partial charge is 0.287 e. The molecular weight excluding hydrogens is 418 g/mol. The van der Waals surface area contributed by atoms with Crippen LogP contribution in [0.3, 0.4) is 0 Å². The van der Waals surface area contributed by atoms with Gasteiger partial charge in [-0.25, -0.2) is 30.9 Å². The number of piperidine rings is 1. The van der Waals surface area contributed by atoms with E-state index in [1.165, 1.54) is 6.20 Å². The summed E-state index contributed by atoms with van der Waals surface area (Å²) in [7, 11) is 0. The van der Waals surface area contributed by atoms with Crippen molar-refractivity contribution in [1.82, 2.24) is 20.8 Å². The highest BCUT2D eigenvalue weighted by atomic mass is 32.1. The molecule has 146 valence electrons. The van der Waals surface area contributed by atoms with Gasteiger partial charge in [0.2, 0.25) is 5.78 Å². The van der Waals surface area contributed by atoms with E-state index in [1.807, 2.05) is 5.43 Å². The number of aromatic nitrogens is 2. The van der Waals surface area contributed by atoms with Gasteiger partial charge in [-0.15, -0.1) is 22.7 Å². The van der Waals surface area contributed by atoms with E-state index in [9.17, 15) is 19.2 Å². The highest BCUT2D eigenvalue weighted by Gasteiger charge is 2.49. The molecule has 4 N–H and O–H groups in total. The number of thiazole rings is 2. The second kappa shape index (κ2) is 7.46. The van der Waals surface area contributed by atoms with Crippen LogP contribution in [0.25, 0.3) is 10.2 Å². The molecule has 0 bridgehead atoms. The number of anilines is 1. The monoisotopic (exact) mass is 429 g/mol. The third-order valence-corrected chi connectivity index (χ3v) is 5.81. The Bertz CT molecular complexity index is 1140. The van der Waals surface area contributed by atoms with Crippen molar-refractivity contribution in [3.63, 3.8) is 0 Å². The van der Waals surface area contributed by atoms with Crippen LogP contribution in [0.2, 0.25) is 0 Å². The summed E-state index contributed by atoms with van der Waals surface area (Å²) in [6, 6.07) is 6.21. The molecule has 1 unspecified atom stereocenters. The van der Waals surface area contributed by atoms with Crippen molar-refractivity contribution in [2.75, 3.05) is 4.90 Å². The molecule has 1 atom stereocenters. The molecule has 1 saturated heterocycles. The summed E-state index contributed by atoms with van der Waals surface area (Å²) in [5, 5.41) is 5.55. The molecule has 0 spiro atoms. The fourth-order valence-corrected chi connectivity index (χ4v) is 4.39. The first kappa shape index (κ1) is 18.8. The molecule has 4 amide bonds. The van der Waals surface area contributed by atoms with Crippen LogP contribution in [0.1, 0.15) is 10.9 Å². The number of hydrogen-bond acceptors (Lipinski definition) is 10. The van der Waals surface area contributed by atoms with E-state index in [1.54, 1.807) is 35.1 Å². The number of benzene rings is 1. The topological polar surface area (TPSA) is 160 Å². The molecule has 0 saturated carbocycles. The number of hydrazine groups is 1. The summed E-state index contributed by atoms with van der Waals surface area (Å²) in [5.74, 6) is 0.809. The van der Waals surface area contributed by atoms with Crippen LogP contribution in [0.4, 0.5) is 9.93 Å². The van der Waals surface area contributed by atoms with Crippen LogP contribution in [0.15, 0.2) is 40.9 Å². The maximum atomic E-state index is 13.0. The minimum atomic E-state index is -1.36. The number of urea groups is 1. The van der Waals surface area contributed by atoms with Crippen molar-refractivity contribution in [1.29, 1.82) is 0 Å². The van der Waals surface area contributed by atoms with E-state index in [2.05, 4.69) is 15.1 Å². The van der Waals surface area contributed by atoms with Gasteiger partial charge in [-0.3, -0.25) is 19.8 Å². The highest BCUT2D eigenvalue weighted by molar-refractivity contribution is 7.19. The summed E-state index contributed by atoms with van der Waals surface area (Å²) in [5.41, 5.74) is 4.06. The number of nitrogens with zero attached hydrogens (tertiary/aromatic N) is 4. The number of nitrogens with one attached hydrogen (secondary N) is 2. The van der Waals surface area contributed by atoms with Gasteiger partial charge in [-0.05, 0) is 12.1 Å².